The molecule has 128 valence electrons. The number of rotatable bonds is 5. The van der Waals surface area contributed by atoms with Gasteiger partial charge in [0, 0.05) is 31.8 Å². The lowest BCUT2D eigenvalue weighted by Crippen LogP contribution is -2.49. The Kier molecular flexibility index (Phi) is 8.02. The molecule has 1 aromatic carbocycles. The van der Waals surface area contributed by atoms with Gasteiger partial charge in [0.25, 0.3) is 0 Å². The molecule has 2 amide bonds. The number of anilines is 1. The number of carbonyl (C=O) groups excluding carboxylic acids is 2. The van der Waals surface area contributed by atoms with Crippen LogP contribution in [0.5, 0.6) is 0 Å². The van der Waals surface area contributed by atoms with Crippen molar-refractivity contribution in [2.45, 2.75) is 18.9 Å². The number of nitrogens with zero attached hydrogens (tertiary/aromatic N) is 1. The highest BCUT2D eigenvalue weighted by Crippen LogP contribution is 2.20. The van der Waals surface area contributed by atoms with Crippen LogP contribution in [0, 0.1) is 5.92 Å². The maximum atomic E-state index is 12.2. The number of benzene rings is 1. The van der Waals surface area contributed by atoms with Gasteiger partial charge in [0.1, 0.15) is 6.04 Å². The van der Waals surface area contributed by atoms with Crippen LogP contribution in [0.3, 0.4) is 0 Å². The van der Waals surface area contributed by atoms with Gasteiger partial charge in [-0.3, -0.25) is 9.59 Å². The number of nitrogens with two attached hydrogens (primary N) is 1. The normalized spacial score (nSPS) is 16.3. The molecule has 0 radical (unpaired) electrons. The molecule has 7 heteroatoms. The van der Waals surface area contributed by atoms with Gasteiger partial charge in [-0.25, -0.2) is 0 Å². The molecule has 1 saturated heterocycles. The van der Waals surface area contributed by atoms with Crippen molar-refractivity contribution < 1.29 is 14.3 Å². The van der Waals surface area contributed by atoms with E-state index in [0.717, 1.165) is 5.69 Å². The van der Waals surface area contributed by atoms with Crippen LogP contribution >= 0.6 is 12.4 Å². The molecular weight excluding hydrogens is 318 g/mol. The van der Waals surface area contributed by atoms with Crippen LogP contribution in [0.15, 0.2) is 30.3 Å². The summed E-state index contributed by atoms with van der Waals surface area (Å²) in [5.74, 6) is -0.161. The van der Waals surface area contributed by atoms with Crippen LogP contribution in [0.25, 0.3) is 0 Å². The fraction of sp³-hybridized carbons (Fsp3) is 0.500. The Labute approximate surface area is 142 Å². The minimum absolute atomic E-state index is 0. The lowest BCUT2D eigenvalue weighted by molar-refractivity contribution is -0.136. The van der Waals surface area contributed by atoms with Gasteiger partial charge < -0.3 is 20.7 Å². The zero-order valence-electron chi connectivity index (χ0n) is 13.2. The molecule has 1 atom stereocenters. The molecule has 0 saturated carbocycles. The molecule has 6 nitrogen and oxygen atoms in total. The number of hydrogen-bond donors (Lipinski definition) is 2. The molecule has 1 fully saturated rings. The molecular formula is C16H24ClN3O3. The Morgan fingerprint density at radius 3 is 2.48 bits per heavy atom. The fourth-order valence-electron chi connectivity index (χ4n) is 2.61. The van der Waals surface area contributed by atoms with E-state index in [4.69, 9.17) is 10.5 Å². The first-order valence-corrected chi connectivity index (χ1v) is 7.51. The van der Waals surface area contributed by atoms with E-state index >= 15 is 0 Å². The summed E-state index contributed by atoms with van der Waals surface area (Å²) in [5, 5.41) is 2.91. The first kappa shape index (κ1) is 19.4. The molecule has 0 spiro atoms. The Bertz CT molecular complexity index is 505. The summed E-state index contributed by atoms with van der Waals surface area (Å²) in [4.78, 5) is 26.0. The highest BCUT2D eigenvalue weighted by molar-refractivity contribution is 5.92. The van der Waals surface area contributed by atoms with E-state index in [-0.39, 0.29) is 36.7 Å². The summed E-state index contributed by atoms with van der Waals surface area (Å²) in [5.41, 5.74) is 6.56. The summed E-state index contributed by atoms with van der Waals surface area (Å²) in [6, 6.07) is 8.77. The average molecular weight is 342 g/mol. The van der Waals surface area contributed by atoms with Crippen molar-refractivity contribution in [3.8, 4) is 0 Å². The van der Waals surface area contributed by atoms with Crippen LogP contribution in [-0.2, 0) is 14.3 Å². The van der Waals surface area contributed by atoms with Crippen molar-refractivity contribution in [1.82, 2.24) is 4.90 Å². The lowest BCUT2D eigenvalue weighted by atomic mass is 9.95. The SMILES string of the molecule is COCC(N)C(=O)N1CCC(C(=O)Nc2ccccc2)CC1.Cl. The zero-order valence-corrected chi connectivity index (χ0v) is 14.1. The van der Waals surface area contributed by atoms with Gasteiger partial charge in [0.2, 0.25) is 11.8 Å². The van der Waals surface area contributed by atoms with E-state index in [1.54, 1.807) is 4.90 Å². The molecule has 1 aliphatic rings. The Balaban J connectivity index is 0.00000264. The third kappa shape index (κ3) is 5.49. The Morgan fingerprint density at radius 1 is 1.30 bits per heavy atom. The third-order valence-corrected chi connectivity index (χ3v) is 3.88. The fourth-order valence-corrected chi connectivity index (χ4v) is 2.61. The largest absolute Gasteiger partial charge is 0.383 e. The van der Waals surface area contributed by atoms with Gasteiger partial charge in [-0.05, 0) is 25.0 Å². The second-order valence-corrected chi connectivity index (χ2v) is 5.52. The molecule has 1 unspecified atom stereocenters. The van der Waals surface area contributed by atoms with Crippen molar-refractivity contribution in [3.05, 3.63) is 30.3 Å². The van der Waals surface area contributed by atoms with Crippen LogP contribution in [0.4, 0.5) is 5.69 Å². The monoisotopic (exact) mass is 341 g/mol. The number of methoxy groups -OCH3 is 1. The summed E-state index contributed by atoms with van der Waals surface area (Å²) in [6.07, 6.45) is 1.31. The minimum Gasteiger partial charge on any atom is -0.383 e. The second kappa shape index (κ2) is 9.50. The van der Waals surface area contributed by atoms with Gasteiger partial charge >= 0.3 is 0 Å². The van der Waals surface area contributed by atoms with E-state index in [2.05, 4.69) is 5.32 Å². The van der Waals surface area contributed by atoms with E-state index in [0.29, 0.717) is 25.9 Å². The van der Waals surface area contributed by atoms with Gasteiger partial charge in [-0.15, -0.1) is 12.4 Å². The number of ether oxygens (including phenoxy) is 1. The van der Waals surface area contributed by atoms with E-state index in [9.17, 15) is 9.59 Å². The van der Waals surface area contributed by atoms with Gasteiger partial charge in [0.05, 0.1) is 6.61 Å². The van der Waals surface area contributed by atoms with Crippen molar-refractivity contribution >= 4 is 29.9 Å². The standard InChI is InChI=1S/C16H23N3O3.ClH/c1-22-11-14(17)16(21)19-9-7-12(8-10-19)15(20)18-13-5-3-2-4-6-13;/h2-6,12,14H,7-11,17H2,1H3,(H,18,20);1H. The van der Waals surface area contributed by atoms with Gasteiger partial charge in [-0.2, -0.15) is 0 Å². The molecule has 23 heavy (non-hydrogen) atoms. The average Bonchev–Trinajstić information content (AvgIpc) is 2.55. The summed E-state index contributed by atoms with van der Waals surface area (Å²) >= 11 is 0. The highest BCUT2D eigenvalue weighted by Gasteiger charge is 2.29. The van der Waals surface area contributed by atoms with Crippen molar-refractivity contribution in [2.75, 3.05) is 32.1 Å². The number of nitrogens with one attached hydrogen (secondary N) is 1. The Morgan fingerprint density at radius 2 is 1.91 bits per heavy atom. The number of hydrogen-bond acceptors (Lipinski definition) is 4. The van der Waals surface area contributed by atoms with Crippen molar-refractivity contribution in [2.24, 2.45) is 11.7 Å². The highest BCUT2D eigenvalue weighted by atomic mass is 35.5. The predicted molar refractivity (Wildman–Crippen MR) is 91.5 cm³/mol. The first-order chi connectivity index (χ1) is 10.6. The Hall–Kier alpha value is -1.63. The lowest BCUT2D eigenvalue weighted by Gasteiger charge is -2.32. The summed E-state index contributed by atoms with van der Waals surface area (Å²) < 4.78 is 4.90. The smallest absolute Gasteiger partial charge is 0.241 e. The summed E-state index contributed by atoms with van der Waals surface area (Å²) in [7, 11) is 1.52. The van der Waals surface area contributed by atoms with Crippen LogP contribution in [-0.4, -0.2) is 49.6 Å². The van der Waals surface area contributed by atoms with E-state index in [1.807, 2.05) is 30.3 Å². The van der Waals surface area contributed by atoms with Crippen molar-refractivity contribution in [3.63, 3.8) is 0 Å². The first-order valence-electron chi connectivity index (χ1n) is 7.51. The second-order valence-electron chi connectivity index (χ2n) is 5.52. The van der Waals surface area contributed by atoms with Crippen LogP contribution in [0.2, 0.25) is 0 Å². The summed E-state index contributed by atoms with van der Waals surface area (Å²) in [6.45, 7) is 1.33. The molecule has 2 rings (SSSR count). The number of halogens is 1. The number of amides is 2. The van der Waals surface area contributed by atoms with Crippen molar-refractivity contribution in [1.29, 1.82) is 0 Å². The molecule has 1 heterocycles. The van der Waals surface area contributed by atoms with Gasteiger partial charge in [-0.1, -0.05) is 18.2 Å². The predicted octanol–water partition coefficient (Wildman–Crippen LogP) is 1.26. The topological polar surface area (TPSA) is 84.7 Å². The maximum absolute atomic E-state index is 12.2. The van der Waals surface area contributed by atoms with Gasteiger partial charge in [0.15, 0.2) is 0 Å². The van der Waals surface area contributed by atoms with Crippen LogP contribution in [0.1, 0.15) is 12.8 Å². The van der Waals surface area contributed by atoms with Crippen LogP contribution < -0.4 is 11.1 Å². The van der Waals surface area contributed by atoms with E-state index in [1.165, 1.54) is 7.11 Å². The third-order valence-electron chi connectivity index (χ3n) is 3.88. The number of para-hydroxylation sites is 1. The van der Waals surface area contributed by atoms with E-state index < -0.39 is 6.04 Å². The number of likely N-dealkylation sites (tertiary alicyclic amines) is 1. The molecule has 0 aliphatic carbocycles. The minimum atomic E-state index is -0.625. The quantitative estimate of drug-likeness (QED) is 0.844. The molecule has 1 aromatic rings. The zero-order chi connectivity index (χ0) is 15.9. The number of carbonyl (C=O) groups is 2. The number of piperidine rings is 1. The molecule has 1 aliphatic heterocycles. The molecule has 0 bridgehead atoms. The molecule has 3 N–H and O–H groups in total. The maximum Gasteiger partial charge on any atom is 0.241 e. The molecule has 0 aromatic heterocycles.